The summed E-state index contributed by atoms with van der Waals surface area (Å²) in [6, 6.07) is 0. The van der Waals surface area contributed by atoms with Crippen LogP contribution in [0.4, 0.5) is 0 Å². The molecule has 0 amide bonds. The van der Waals surface area contributed by atoms with Crippen molar-refractivity contribution in [1.82, 2.24) is 0 Å². The zero-order chi connectivity index (χ0) is 61.8. The highest BCUT2D eigenvalue weighted by atomic mass is 31.2. The number of rotatable bonds is 61. The quantitative estimate of drug-likeness (QED) is 0.0222. The molecule has 0 bridgehead atoms. The molecular formula is C64H124O17P2. The van der Waals surface area contributed by atoms with Gasteiger partial charge >= 0.3 is 39.5 Å². The van der Waals surface area contributed by atoms with Crippen LogP contribution in [-0.4, -0.2) is 96.7 Å². The summed E-state index contributed by atoms with van der Waals surface area (Å²) in [6.07, 6.45) is 33.9. The molecule has 0 radical (unpaired) electrons. The van der Waals surface area contributed by atoms with Crippen LogP contribution in [0.3, 0.4) is 0 Å². The van der Waals surface area contributed by atoms with Gasteiger partial charge in [-0.25, -0.2) is 9.13 Å². The summed E-state index contributed by atoms with van der Waals surface area (Å²) in [7, 11) is -9.89. The Labute approximate surface area is 505 Å². The van der Waals surface area contributed by atoms with Gasteiger partial charge in [-0.05, 0) is 49.4 Å². The molecule has 0 aliphatic heterocycles. The molecule has 5 atom stereocenters. The van der Waals surface area contributed by atoms with Gasteiger partial charge in [-0.15, -0.1) is 0 Å². The van der Waals surface area contributed by atoms with E-state index in [4.69, 9.17) is 37.0 Å². The lowest BCUT2D eigenvalue weighted by Crippen LogP contribution is -2.30. The summed E-state index contributed by atoms with van der Waals surface area (Å²) in [4.78, 5) is 72.1. The maximum absolute atomic E-state index is 13.0. The molecule has 3 N–H and O–H groups in total. The number of ether oxygens (including phenoxy) is 4. The van der Waals surface area contributed by atoms with Crippen LogP contribution in [0, 0.1) is 23.7 Å². The Hall–Kier alpha value is -1.94. The fourth-order valence-corrected chi connectivity index (χ4v) is 11.0. The van der Waals surface area contributed by atoms with Crippen molar-refractivity contribution in [3.63, 3.8) is 0 Å². The van der Waals surface area contributed by atoms with Crippen LogP contribution in [0.15, 0.2) is 0 Å². The Morgan fingerprint density at radius 1 is 0.301 bits per heavy atom. The third-order valence-corrected chi connectivity index (χ3v) is 16.5. The minimum Gasteiger partial charge on any atom is -0.462 e. The van der Waals surface area contributed by atoms with E-state index in [0.717, 1.165) is 102 Å². The van der Waals surface area contributed by atoms with Gasteiger partial charge in [0.1, 0.15) is 19.3 Å². The molecule has 17 nitrogen and oxygen atoms in total. The van der Waals surface area contributed by atoms with Crippen molar-refractivity contribution in [2.75, 3.05) is 39.6 Å². The van der Waals surface area contributed by atoms with Crippen molar-refractivity contribution in [3.8, 4) is 0 Å². The molecule has 0 heterocycles. The average molecular weight is 1230 g/mol. The van der Waals surface area contributed by atoms with Gasteiger partial charge in [0, 0.05) is 25.7 Å². The van der Waals surface area contributed by atoms with Crippen LogP contribution in [0.1, 0.15) is 306 Å². The van der Waals surface area contributed by atoms with E-state index in [1.54, 1.807) is 0 Å². The van der Waals surface area contributed by atoms with Gasteiger partial charge in [0.15, 0.2) is 12.2 Å². The number of unbranched alkanes of at least 4 members (excludes halogenated alkanes) is 27. The summed E-state index contributed by atoms with van der Waals surface area (Å²) in [6.45, 7) is 13.9. The number of carbonyl (C=O) groups is 4. The van der Waals surface area contributed by atoms with Crippen LogP contribution in [-0.2, 0) is 65.4 Å². The minimum absolute atomic E-state index is 0.101. The Morgan fingerprint density at radius 2 is 0.506 bits per heavy atom. The first-order chi connectivity index (χ1) is 39.6. The monoisotopic (exact) mass is 1230 g/mol. The Kier molecular flexibility index (Phi) is 53.0. The van der Waals surface area contributed by atoms with E-state index in [-0.39, 0.29) is 25.7 Å². The van der Waals surface area contributed by atoms with E-state index in [1.165, 1.54) is 103 Å². The van der Waals surface area contributed by atoms with Crippen molar-refractivity contribution < 1.29 is 80.2 Å². The number of aliphatic hydroxyl groups is 1. The highest BCUT2D eigenvalue weighted by molar-refractivity contribution is 7.47. The van der Waals surface area contributed by atoms with Crippen molar-refractivity contribution in [2.24, 2.45) is 23.7 Å². The van der Waals surface area contributed by atoms with E-state index in [2.05, 4.69) is 55.4 Å². The van der Waals surface area contributed by atoms with Gasteiger partial charge in [0.25, 0.3) is 0 Å². The van der Waals surface area contributed by atoms with Gasteiger partial charge < -0.3 is 33.8 Å². The molecule has 0 aromatic heterocycles. The number of phosphoric ester groups is 2. The molecule has 0 spiro atoms. The fourth-order valence-electron chi connectivity index (χ4n) is 9.43. The number of phosphoric acid groups is 2. The molecule has 0 aliphatic rings. The van der Waals surface area contributed by atoms with Crippen LogP contribution in [0.25, 0.3) is 0 Å². The molecule has 19 heteroatoms. The predicted octanol–water partition coefficient (Wildman–Crippen LogP) is 17.4. The SMILES string of the molecule is CC(C)CCCCCCCCCCCCCCC(=O)OC[C@H](COP(=O)(O)OC[C@@H](O)COP(=O)(O)OC[C@@H](COC(=O)CCCCCCCCC(C)C)OC(=O)CCCCCCCCCC(C)C)OC(=O)CCCCCCCCC(C)C. The molecule has 0 aliphatic carbocycles. The second-order valence-electron chi connectivity index (χ2n) is 25.1. The maximum Gasteiger partial charge on any atom is 0.472 e. The summed E-state index contributed by atoms with van der Waals surface area (Å²) >= 11 is 0. The van der Waals surface area contributed by atoms with E-state index >= 15 is 0 Å². The summed E-state index contributed by atoms with van der Waals surface area (Å²) < 4.78 is 67.9. The molecule has 0 saturated carbocycles. The van der Waals surface area contributed by atoms with E-state index < -0.39 is 97.5 Å². The standard InChI is InChI=1S/C64H124O17P2/c1-54(2)40-32-24-16-13-11-9-10-12-14-18-28-36-44-61(66)74-50-60(81-64(69)47-39-31-23-21-27-35-43-57(7)8)53-79-83(72,73)77-49-58(65)48-76-82(70,71)78-52-59(51-75-62(67)45-37-29-22-20-26-34-42-56(5)6)80-63(68)46-38-30-19-15-17-25-33-41-55(3)4/h54-60,65H,9-53H2,1-8H3,(H,70,71)(H,72,73)/t58-,59+,60+/m0/s1. The molecule has 0 saturated heterocycles. The van der Waals surface area contributed by atoms with E-state index in [1.807, 2.05) is 0 Å². The average Bonchev–Trinajstić information content (AvgIpc) is 3.42. The van der Waals surface area contributed by atoms with Crippen LogP contribution in [0.5, 0.6) is 0 Å². The molecule has 2 unspecified atom stereocenters. The van der Waals surface area contributed by atoms with Crippen molar-refractivity contribution in [2.45, 2.75) is 324 Å². The molecule has 0 rings (SSSR count). The Morgan fingerprint density at radius 3 is 0.747 bits per heavy atom. The third kappa shape index (κ3) is 58.8. The topological polar surface area (TPSA) is 237 Å². The lowest BCUT2D eigenvalue weighted by molar-refractivity contribution is -0.161. The molecule has 0 aromatic rings. The zero-order valence-corrected chi connectivity index (χ0v) is 55.6. The van der Waals surface area contributed by atoms with Gasteiger partial charge in [-0.3, -0.25) is 37.3 Å². The van der Waals surface area contributed by atoms with E-state index in [9.17, 15) is 43.2 Å². The van der Waals surface area contributed by atoms with Gasteiger partial charge in [0.2, 0.25) is 0 Å². The van der Waals surface area contributed by atoms with Crippen molar-refractivity contribution >= 4 is 39.5 Å². The Bertz CT molecular complexity index is 1660. The number of aliphatic hydroxyl groups excluding tert-OH is 1. The number of hydrogen-bond donors (Lipinski definition) is 3. The zero-order valence-electron chi connectivity index (χ0n) is 53.8. The molecule has 492 valence electrons. The first kappa shape index (κ1) is 81.1. The predicted molar refractivity (Wildman–Crippen MR) is 331 cm³/mol. The number of carbonyl (C=O) groups excluding carboxylic acids is 4. The normalized spacial score (nSPS) is 14.4. The number of esters is 4. The highest BCUT2D eigenvalue weighted by Gasteiger charge is 2.30. The molecule has 83 heavy (non-hydrogen) atoms. The van der Waals surface area contributed by atoms with Crippen molar-refractivity contribution in [3.05, 3.63) is 0 Å². The van der Waals surface area contributed by atoms with Crippen LogP contribution in [0.2, 0.25) is 0 Å². The summed E-state index contributed by atoms with van der Waals surface area (Å²) in [5, 5.41) is 10.5. The molecular weight excluding hydrogens is 1100 g/mol. The second-order valence-corrected chi connectivity index (χ2v) is 28.0. The molecule has 0 aromatic carbocycles. The highest BCUT2D eigenvalue weighted by Crippen LogP contribution is 2.45. The summed E-state index contributed by atoms with van der Waals surface area (Å²) in [5.74, 6) is 0.681. The third-order valence-electron chi connectivity index (χ3n) is 14.6. The second kappa shape index (κ2) is 54.2. The largest absolute Gasteiger partial charge is 0.472 e. The number of hydrogen-bond acceptors (Lipinski definition) is 15. The maximum atomic E-state index is 13.0. The summed E-state index contributed by atoms with van der Waals surface area (Å²) in [5.41, 5.74) is 0. The first-order valence-corrected chi connectivity index (χ1v) is 36.2. The van der Waals surface area contributed by atoms with Crippen molar-refractivity contribution in [1.29, 1.82) is 0 Å². The molecule has 0 fully saturated rings. The van der Waals surface area contributed by atoms with Crippen LogP contribution < -0.4 is 0 Å². The van der Waals surface area contributed by atoms with E-state index in [0.29, 0.717) is 43.4 Å². The Balaban J connectivity index is 5.20. The minimum atomic E-state index is -4.94. The lowest BCUT2D eigenvalue weighted by Gasteiger charge is -2.21. The first-order valence-electron chi connectivity index (χ1n) is 33.2. The van der Waals surface area contributed by atoms with Gasteiger partial charge in [-0.1, -0.05) is 254 Å². The smallest absolute Gasteiger partial charge is 0.462 e. The fraction of sp³-hybridized carbons (Fsp3) is 0.938. The van der Waals surface area contributed by atoms with Gasteiger partial charge in [0.05, 0.1) is 26.4 Å². The van der Waals surface area contributed by atoms with Gasteiger partial charge in [-0.2, -0.15) is 0 Å². The van der Waals surface area contributed by atoms with Crippen LogP contribution >= 0.6 is 15.6 Å². The lowest BCUT2D eigenvalue weighted by atomic mass is 10.0.